The zero-order valence-corrected chi connectivity index (χ0v) is 16.7. The maximum Gasteiger partial charge on any atom is 0.293 e. The van der Waals surface area contributed by atoms with Crippen LogP contribution in [-0.2, 0) is 11.3 Å². The molecule has 0 radical (unpaired) electrons. The lowest BCUT2D eigenvalue weighted by Crippen LogP contribution is -2.27. The molecule has 0 unspecified atom stereocenters. The Balaban J connectivity index is 1.76. The van der Waals surface area contributed by atoms with Gasteiger partial charge in [-0.25, -0.2) is 0 Å². The highest BCUT2D eigenvalue weighted by atomic mass is 35.5. The Hall–Kier alpha value is -2.24. The molecule has 2 aromatic rings. The maximum atomic E-state index is 12.6. The average molecular weight is 402 g/mol. The van der Waals surface area contributed by atoms with E-state index in [-0.39, 0.29) is 23.8 Å². The highest BCUT2D eigenvalue weighted by Gasteiger charge is 2.34. The summed E-state index contributed by atoms with van der Waals surface area (Å²) in [5.41, 5.74) is 1.66. The maximum absolute atomic E-state index is 12.6. The number of hydrogen-bond acceptors (Lipinski definition) is 4. The molecule has 6 heteroatoms. The van der Waals surface area contributed by atoms with E-state index < -0.39 is 0 Å². The van der Waals surface area contributed by atoms with Gasteiger partial charge in [0, 0.05) is 0 Å². The van der Waals surface area contributed by atoms with Crippen LogP contribution in [0, 0.1) is 0 Å². The molecule has 1 heterocycles. The van der Waals surface area contributed by atoms with Gasteiger partial charge in [0.25, 0.3) is 11.1 Å². The van der Waals surface area contributed by atoms with Crippen LogP contribution in [0.4, 0.5) is 4.79 Å². The molecule has 3 rings (SSSR count). The molecule has 2 amide bonds. The van der Waals surface area contributed by atoms with Crippen LogP contribution in [-0.4, -0.2) is 22.2 Å². The van der Waals surface area contributed by atoms with Crippen molar-refractivity contribution >= 4 is 40.6 Å². The minimum atomic E-state index is -0.287. The third kappa shape index (κ3) is 4.73. The van der Waals surface area contributed by atoms with Gasteiger partial charge in [-0.1, -0.05) is 54.9 Å². The monoisotopic (exact) mass is 401 g/mol. The van der Waals surface area contributed by atoms with Crippen molar-refractivity contribution in [3.63, 3.8) is 0 Å². The van der Waals surface area contributed by atoms with Gasteiger partial charge in [-0.05, 0) is 54.4 Å². The number of rotatable bonds is 6. The summed E-state index contributed by atoms with van der Waals surface area (Å²) in [6.07, 6.45) is 2.64. The number of amides is 2. The molecule has 1 aliphatic rings. The summed E-state index contributed by atoms with van der Waals surface area (Å²) in [7, 11) is 0. The van der Waals surface area contributed by atoms with Crippen LogP contribution in [0.1, 0.15) is 31.4 Å². The van der Waals surface area contributed by atoms with E-state index in [0.29, 0.717) is 15.7 Å². The van der Waals surface area contributed by atoms with Crippen molar-refractivity contribution in [2.75, 3.05) is 0 Å². The first kappa shape index (κ1) is 19.5. The zero-order valence-electron chi connectivity index (χ0n) is 15.1. The summed E-state index contributed by atoms with van der Waals surface area (Å²) < 4.78 is 5.75. The number of hydrogen-bond donors (Lipinski definition) is 0. The number of halogens is 1. The fraction of sp³-hybridized carbons (Fsp3) is 0.238. The normalized spacial score (nSPS) is 16.9. The first-order valence-corrected chi connectivity index (χ1v) is 9.93. The SMILES string of the molecule is CC[C@H](C)Oc1ccc(/C=C2\SC(=O)N(Cc3ccccc3)C2=O)cc1Cl. The van der Waals surface area contributed by atoms with Gasteiger partial charge >= 0.3 is 0 Å². The summed E-state index contributed by atoms with van der Waals surface area (Å²) in [5, 5.41) is 0.213. The van der Waals surface area contributed by atoms with Gasteiger partial charge in [0.1, 0.15) is 5.75 Å². The van der Waals surface area contributed by atoms with Crippen molar-refractivity contribution in [1.82, 2.24) is 4.90 Å². The predicted octanol–water partition coefficient (Wildman–Crippen LogP) is 5.75. The highest BCUT2D eigenvalue weighted by molar-refractivity contribution is 8.18. The molecule has 0 aromatic heterocycles. The van der Waals surface area contributed by atoms with Gasteiger partial charge in [-0.15, -0.1) is 0 Å². The van der Waals surface area contributed by atoms with Gasteiger partial charge in [-0.2, -0.15) is 0 Å². The quantitative estimate of drug-likeness (QED) is 0.578. The topological polar surface area (TPSA) is 46.6 Å². The summed E-state index contributed by atoms with van der Waals surface area (Å²) in [5.74, 6) is 0.324. The van der Waals surface area contributed by atoms with Crippen molar-refractivity contribution in [1.29, 1.82) is 0 Å². The Kier molecular flexibility index (Phi) is 6.24. The lowest BCUT2D eigenvalue weighted by Gasteiger charge is -2.14. The van der Waals surface area contributed by atoms with Gasteiger partial charge in [0.2, 0.25) is 0 Å². The van der Waals surface area contributed by atoms with Gasteiger partial charge < -0.3 is 4.74 Å². The minimum Gasteiger partial charge on any atom is -0.489 e. The fourth-order valence-corrected chi connectivity index (χ4v) is 3.63. The standard InChI is InChI=1S/C21H20ClNO3S/c1-3-14(2)26-18-10-9-16(11-17(18)22)12-19-20(24)23(21(25)27-19)13-15-7-5-4-6-8-15/h4-12,14H,3,13H2,1-2H3/b19-12-/t14-/m0/s1. The number of benzene rings is 2. The molecule has 0 aliphatic carbocycles. The molecule has 140 valence electrons. The molecular formula is C21H20ClNO3S. The first-order chi connectivity index (χ1) is 13.0. The van der Waals surface area contributed by atoms with Crippen molar-refractivity contribution < 1.29 is 14.3 Å². The third-order valence-electron chi connectivity index (χ3n) is 4.21. The third-order valence-corrected chi connectivity index (χ3v) is 5.42. The Bertz CT molecular complexity index is 882. The number of imide groups is 1. The van der Waals surface area contributed by atoms with Crippen LogP contribution in [0.5, 0.6) is 5.75 Å². The Morgan fingerprint density at radius 1 is 1.19 bits per heavy atom. The Labute approximate surface area is 168 Å². The molecule has 0 spiro atoms. The molecular weight excluding hydrogens is 382 g/mol. The summed E-state index contributed by atoms with van der Waals surface area (Å²) in [6, 6.07) is 14.8. The number of thioether (sulfide) groups is 1. The van der Waals surface area contributed by atoms with Crippen molar-refractivity contribution in [2.24, 2.45) is 0 Å². The molecule has 0 N–H and O–H groups in total. The number of nitrogens with zero attached hydrogens (tertiary/aromatic N) is 1. The van der Waals surface area contributed by atoms with Crippen LogP contribution in [0.25, 0.3) is 6.08 Å². The van der Waals surface area contributed by atoms with E-state index in [2.05, 4.69) is 0 Å². The van der Waals surface area contributed by atoms with Crippen LogP contribution in [0.2, 0.25) is 5.02 Å². The van der Waals surface area contributed by atoms with Crippen LogP contribution >= 0.6 is 23.4 Å². The Morgan fingerprint density at radius 3 is 2.59 bits per heavy atom. The molecule has 0 bridgehead atoms. The minimum absolute atomic E-state index is 0.0721. The second-order valence-electron chi connectivity index (χ2n) is 6.28. The van der Waals surface area contributed by atoms with Crippen molar-refractivity contribution in [2.45, 2.75) is 32.9 Å². The van der Waals surface area contributed by atoms with Crippen molar-refractivity contribution in [3.05, 3.63) is 69.6 Å². The van der Waals surface area contributed by atoms with E-state index in [1.807, 2.05) is 50.2 Å². The van der Waals surface area contributed by atoms with E-state index in [0.717, 1.165) is 29.3 Å². The number of carbonyl (C=O) groups excluding carboxylic acids is 2. The largest absolute Gasteiger partial charge is 0.489 e. The van der Waals surface area contributed by atoms with E-state index in [1.54, 1.807) is 18.2 Å². The molecule has 1 saturated heterocycles. The molecule has 2 aromatic carbocycles. The van der Waals surface area contributed by atoms with E-state index in [9.17, 15) is 9.59 Å². The lowest BCUT2D eigenvalue weighted by molar-refractivity contribution is -0.123. The average Bonchev–Trinajstić information content (AvgIpc) is 2.92. The Morgan fingerprint density at radius 2 is 1.93 bits per heavy atom. The molecule has 0 saturated carbocycles. The molecule has 1 atom stereocenters. The second kappa shape index (κ2) is 8.63. The van der Waals surface area contributed by atoms with Crippen LogP contribution < -0.4 is 4.74 Å². The van der Waals surface area contributed by atoms with E-state index in [4.69, 9.17) is 16.3 Å². The van der Waals surface area contributed by atoms with Crippen LogP contribution in [0.15, 0.2) is 53.4 Å². The highest BCUT2D eigenvalue weighted by Crippen LogP contribution is 2.34. The summed E-state index contributed by atoms with van der Waals surface area (Å²) in [4.78, 5) is 26.5. The van der Waals surface area contributed by atoms with Gasteiger partial charge in [0.05, 0.1) is 22.6 Å². The van der Waals surface area contributed by atoms with Crippen molar-refractivity contribution in [3.8, 4) is 5.75 Å². The number of carbonyl (C=O) groups is 2. The van der Waals surface area contributed by atoms with E-state index >= 15 is 0 Å². The summed E-state index contributed by atoms with van der Waals surface area (Å²) >= 11 is 7.24. The zero-order chi connectivity index (χ0) is 19.4. The lowest BCUT2D eigenvalue weighted by atomic mass is 10.2. The molecule has 1 fully saturated rings. The second-order valence-corrected chi connectivity index (χ2v) is 7.68. The molecule has 1 aliphatic heterocycles. The van der Waals surface area contributed by atoms with E-state index in [1.165, 1.54) is 4.90 Å². The van der Waals surface area contributed by atoms with Gasteiger partial charge in [0.15, 0.2) is 0 Å². The smallest absolute Gasteiger partial charge is 0.293 e. The van der Waals surface area contributed by atoms with Gasteiger partial charge in [-0.3, -0.25) is 14.5 Å². The first-order valence-electron chi connectivity index (χ1n) is 8.73. The molecule has 4 nitrogen and oxygen atoms in total. The van der Waals surface area contributed by atoms with Crippen LogP contribution in [0.3, 0.4) is 0 Å². The predicted molar refractivity (Wildman–Crippen MR) is 110 cm³/mol. The summed E-state index contributed by atoms with van der Waals surface area (Å²) in [6.45, 7) is 4.29. The fourth-order valence-electron chi connectivity index (χ4n) is 2.56. The molecule has 27 heavy (non-hydrogen) atoms. The number of ether oxygens (including phenoxy) is 1.